The van der Waals surface area contributed by atoms with Gasteiger partial charge in [-0.2, -0.15) is 0 Å². The molecule has 1 aromatic carbocycles. The van der Waals surface area contributed by atoms with Crippen LogP contribution < -0.4 is 10.1 Å². The van der Waals surface area contributed by atoms with Crippen LogP contribution in [0.1, 0.15) is 17.7 Å². The first-order valence-corrected chi connectivity index (χ1v) is 8.75. The van der Waals surface area contributed by atoms with Gasteiger partial charge in [0.25, 0.3) is 0 Å². The SMILES string of the molecule is Cn1nc(O[C@H]2CCOC2)c2ccc(NC3=NCc4cccnc43)cc21. The Labute approximate surface area is 150 Å². The van der Waals surface area contributed by atoms with Crippen molar-refractivity contribution >= 4 is 22.4 Å². The number of hydrogen-bond acceptors (Lipinski definition) is 6. The summed E-state index contributed by atoms with van der Waals surface area (Å²) in [6.45, 7) is 2.05. The fourth-order valence-electron chi connectivity index (χ4n) is 3.41. The lowest BCUT2D eigenvalue weighted by Crippen LogP contribution is -2.16. The fraction of sp³-hybridized carbons (Fsp3) is 0.316. The van der Waals surface area contributed by atoms with Gasteiger partial charge in [-0.15, -0.1) is 5.10 Å². The Morgan fingerprint density at radius 2 is 2.27 bits per heavy atom. The van der Waals surface area contributed by atoms with Gasteiger partial charge in [0, 0.05) is 30.9 Å². The van der Waals surface area contributed by atoms with Gasteiger partial charge in [-0.1, -0.05) is 6.07 Å². The van der Waals surface area contributed by atoms with E-state index in [-0.39, 0.29) is 6.10 Å². The van der Waals surface area contributed by atoms with E-state index in [2.05, 4.69) is 32.5 Å². The van der Waals surface area contributed by atoms with Gasteiger partial charge in [-0.3, -0.25) is 14.7 Å². The lowest BCUT2D eigenvalue weighted by molar-refractivity contribution is 0.138. The Bertz CT molecular complexity index is 1000. The van der Waals surface area contributed by atoms with E-state index in [1.54, 1.807) is 6.20 Å². The summed E-state index contributed by atoms with van der Waals surface area (Å²) in [6, 6.07) is 10.1. The van der Waals surface area contributed by atoms with E-state index in [0.29, 0.717) is 19.0 Å². The summed E-state index contributed by atoms with van der Waals surface area (Å²) in [4.78, 5) is 8.99. The summed E-state index contributed by atoms with van der Waals surface area (Å²) < 4.78 is 13.2. The summed E-state index contributed by atoms with van der Waals surface area (Å²) in [5.41, 5.74) is 4.02. The first kappa shape index (κ1) is 15.3. The lowest BCUT2D eigenvalue weighted by atomic mass is 10.2. The van der Waals surface area contributed by atoms with Crippen LogP contribution in [0.5, 0.6) is 5.88 Å². The Morgan fingerprint density at radius 1 is 1.31 bits per heavy atom. The highest BCUT2D eigenvalue weighted by Crippen LogP contribution is 2.29. The molecule has 7 nitrogen and oxygen atoms in total. The summed E-state index contributed by atoms with van der Waals surface area (Å²) in [5.74, 6) is 1.47. The van der Waals surface area contributed by atoms with Gasteiger partial charge in [0.2, 0.25) is 5.88 Å². The van der Waals surface area contributed by atoms with Crippen LogP contribution in [0.3, 0.4) is 0 Å². The summed E-state index contributed by atoms with van der Waals surface area (Å²) in [5, 5.41) is 8.91. The van der Waals surface area contributed by atoms with Crippen LogP contribution in [-0.2, 0) is 18.3 Å². The number of pyridine rings is 1. The summed E-state index contributed by atoms with van der Waals surface area (Å²) >= 11 is 0. The Hall–Kier alpha value is -2.93. The van der Waals surface area contributed by atoms with Gasteiger partial charge in [0.1, 0.15) is 11.8 Å². The molecule has 2 aliphatic heterocycles. The van der Waals surface area contributed by atoms with Crippen molar-refractivity contribution in [1.29, 1.82) is 0 Å². The number of hydrogen-bond donors (Lipinski definition) is 1. The van der Waals surface area contributed by atoms with Crippen LogP contribution in [0.25, 0.3) is 10.9 Å². The Balaban J connectivity index is 1.43. The zero-order valence-electron chi connectivity index (χ0n) is 14.5. The number of aromatic nitrogens is 3. The molecule has 2 aromatic heterocycles. The van der Waals surface area contributed by atoms with Crippen LogP contribution in [0.4, 0.5) is 5.69 Å². The van der Waals surface area contributed by atoms with Gasteiger partial charge in [-0.25, -0.2) is 0 Å². The average Bonchev–Trinajstić information content (AvgIpc) is 3.37. The number of rotatable bonds is 3. The first-order valence-electron chi connectivity index (χ1n) is 8.75. The number of ether oxygens (including phenoxy) is 2. The maximum Gasteiger partial charge on any atom is 0.241 e. The van der Waals surface area contributed by atoms with Crippen molar-refractivity contribution in [2.75, 3.05) is 18.5 Å². The zero-order chi connectivity index (χ0) is 17.5. The molecule has 7 heteroatoms. The van der Waals surface area contributed by atoms with Gasteiger partial charge in [-0.05, 0) is 24.3 Å². The molecule has 1 atom stereocenters. The molecule has 1 N–H and O–H groups in total. The van der Waals surface area contributed by atoms with E-state index in [4.69, 9.17) is 9.47 Å². The number of nitrogens with one attached hydrogen (secondary N) is 1. The van der Waals surface area contributed by atoms with Crippen LogP contribution in [0, 0.1) is 0 Å². The molecule has 4 heterocycles. The van der Waals surface area contributed by atoms with Gasteiger partial charge in [0.05, 0.1) is 30.7 Å². The molecule has 132 valence electrons. The predicted octanol–water partition coefficient (Wildman–Crippen LogP) is 2.51. The van der Waals surface area contributed by atoms with Crippen LogP contribution in [0.2, 0.25) is 0 Å². The summed E-state index contributed by atoms with van der Waals surface area (Å²) in [7, 11) is 1.92. The maximum atomic E-state index is 6.02. The van der Waals surface area contributed by atoms with Crippen LogP contribution in [-0.4, -0.2) is 39.9 Å². The molecule has 0 spiro atoms. The number of aliphatic imine (C=N–C) groups is 1. The van der Waals surface area contributed by atoms with Gasteiger partial charge < -0.3 is 14.8 Å². The molecule has 5 rings (SSSR count). The minimum absolute atomic E-state index is 0.0846. The number of amidine groups is 1. The predicted molar refractivity (Wildman–Crippen MR) is 98.7 cm³/mol. The molecule has 0 unspecified atom stereocenters. The molecule has 1 saturated heterocycles. The Kier molecular flexibility index (Phi) is 3.60. The van der Waals surface area contributed by atoms with Crippen molar-refractivity contribution in [1.82, 2.24) is 14.8 Å². The number of aryl methyl sites for hydroxylation is 1. The van der Waals surface area contributed by atoms with Gasteiger partial charge >= 0.3 is 0 Å². The van der Waals surface area contributed by atoms with E-state index < -0.39 is 0 Å². The minimum Gasteiger partial charge on any atom is -0.470 e. The second kappa shape index (κ2) is 6.10. The molecular formula is C19H19N5O2. The Morgan fingerprint density at radius 3 is 3.15 bits per heavy atom. The van der Waals surface area contributed by atoms with Crippen LogP contribution >= 0.6 is 0 Å². The van der Waals surface area contributed by atoms with E-state index in [0.717, 1.165) is 46.7 Å². The third-order valence-electron chi connectivity index (χ3n) is 4.77. The highest BCUT2D eigenvalue weighted by Gasteiger charge is 2.21. The van der Waals surface area contributed by atoms with E-state index in [1.165, 1.54) is 0 Å². The largest absolute Gasteiger partial charge is 0.470 e. The molecule has 1 fully saturated rings. The third kappa shape index (κ3) is 2.61. The van der Waals surface area contributed by atoms with E-state index in [1.807, 2.05) is 29.9 Å². The van der Waals surface area contributed by atoms with E-state index in [9.17, 15) is 0 Å². The molecule has 0 amide bonds. The molecule has 0 saturated carbocycles. The summed E-state index contributed by atoms with van der Waals surface area (Å²) in [6.07, 6.45) is 2.78. The molecule has 26 heavy (non-hydrogen) atoms. The second-order valence-corrected chi connectivity index (χ2v) is 6.57. The third-order valence-corrected chi connectivity index (χ3v) is 4.77. The molecule has 0 aliphatic carbocycles. The van der Waals surface area contributed by atoms with Crippen molar-refractivity contribution in [3.05, 3.63) is 47.8 Å². The fourth-order valence-corrected chi connectivity index (χ4v) is 3.41. The zero-order valence-corrected chi connectivity index (χ0v) is 14.5. The van der Waals surface area contributed by atoms with Crippen molar-refractivity contribution in [3.8, 4) is 5.88 Å². The minimum atomic E-state index is 0.0846. The molecule has 0 bridgehead atoms. The smallest absolute Gasteiger partial charge is 0.241 e. The number of anilines is 1. The highest BCUT2D eigenvalue weighted by molar-refractivity contribution is 6.09. The number of benzene rings is 1. The molecule has 0 radical (unpaired) electrons. The quantitative estimate of drug-likeness (QED) is 0.786. The van der Waals surface area contributed by atoms with Crippen molar-refractivity contribution in [3.63, 3.8) is 0 Å². The van der Waals surface area contributed by atoms with Crippen molar-refractivity contribution < 1.29 is 9.47 Å². The van der Waals surface area contributed by atoms with Crippen molar-refractivity contribution in [2.24, 2.45) is 12.0 Å². The van der Waals surface area contributed by atoms with Crippen LogP contribution in [0.15, 0.2) is 41.5 Å². The normalized spacial score (nSPS) is 18.8. The highest BCUT2D eigenvalue weighted by atomic mass is 16.5. The van der Waals surface area contributed by atoms with E-state index >= 15 is 0 Å². The number of fused-ring (bicyclic) bond motifs is 2. The molecular weight excluding hydrogens is 330 g/mol. The first-order chi connectivity index (χ1) is 12.8. The molecule has 3 aromatic rings. The topological polar surface area (TPSA) is 73.6 Å². The average molecular weight is 349 g/mol. The second-order valence-electron chi connectivity index (χ2n) is 6.57. The number of nitrogens with zero attached hydrogens (tertiary/aromatic N) is 4. The lowest BCUT2D eigenvalue weighted by Gasteiger charge is -2.09. The molecule has 2 aliphatic rings. The van der Waals surface area contributed by atoms with Crippen molar-refractivity contribution in [2.45, 2.75) is 19.1 Å². The monoisotopic (exact) mass is 349 g/mol. The maximum absolute atomic E-state index is 6.02. The van der Waals surface area contributed by atoms with Gasteiger partial charge in [0.15, 0.2) is 5.84 Å². The standard InChI is InChI=1S/C19H19N5O2/c1-24-16-9-13(22-18-17-12(10-21-18)3-2-7-20-17)4-5-15(16)19(23-24)26-14-6-8-25-11-14/h2-5,7,9,14H,6,8,10-11H2,1H3,(H,21,22)/t14-/m0/s1.